The third kappa shape index (κ3) is 18.6. The van der Waals surface area contributed by atoms with Gasteiger partial charge in [-0.2, -0.15) is 0 Å². The number of esters is 1. The molecule has 0 aromatic carbocycles. The maximum absolute atomic E-state index is 12.5. The van der Waals surface area contributed by atoms with Gasteiger partial charge < -0.3 is 19.6 Å². The number of likely N-dealkylation sites (tertiary alicyclic amines) is 1. The number of carbonyl (C=O) groups excluding carboxylic acids is 1. The molecule has 0 aliphatic carbocycles. The van der Waals surface area contributed by atoms with Crippen LogP contribution in [-0.2, 0) is 9.53 Å². The van der Waals surface area contributed by atoms with Crippen LogP contribution in [0.1, 0.15) is 149 Å². The van der Waals surface area contributed by atoms with Crippen molar-refractivity contribution in [3.8, 4) is 0 Å². The van der Waals surface area contributed by atoms with Crippen molar-refractivity contribution in [2.75, 3.05) is 39.8 Å². The second-order valence-electron chi connectivity index (χ2n) is 12.2. The molecule has 0 radical (unpaired) electrons. The molecule has 3 unspecified atom stereocenters. The first-order valence-electron chi connectivity index (χ1n) is 16.8. The molecule has 1 aliphatic heterocycles. The normalized spacial score (nSPS) is 17.8. The van der Waals surface area contributed by atoms with Gasteiger partial charge in [-0.15, -0.1) is 0 Å². The van der Waals surface area contributed by atoms with E-state index in [0.29, 0.717) is 25.0 Å². The Morgan fingerprint density at radius 3 is 2.16 bits per heavy atom. The fourth-order valence-corrected chi connectivity index (χ4v) is 5.85. The summed E-state index contributed by atoms with van der Waals surface area (Å²) in [6.07, 6.45) is 23.5. The van der Waals surface area contributed by atoms with E-state index in [4.69, 9.17) is 4.74 Å². The molecule has 38 heavy (non-hydrogen) atoms. The summed E-state index contributed by atoms with van der Waals surface area (Å²) in [6, 6.07) is 0.697. The zero-order chi connectivity index (χ0) is 27.8. The number of aliphatic hydroxyl groups is 1. The molecule has 1 fully saturated rings. The van der Waals surface area contributed by atoms with E-state index in [1.807, 2.05) is 0 Å². The minimum absolute atomic E-state index is 0.00552. The van der Waals surface area contributed by atoms with Gasteiger partial charge in [-0.25, -0.2) is 0 Å². The molecule has 1 aliphatic rings. The van der Waals surface area contributed by atoms with Crippen molar-refractivity contribution in [2.24, 2.45) is 5.92 Å². The molecule has 3 atom stereocenters. The van der Waals surface area contributed by atoms with Gasteiger partial charge in [0.25, 0.3) is 0 Å². The summed E-state index contributed by atoms with van der Waals surface area (Å²) in [6.45, 7) is 11.3. The zero-order valence-corrected chi connectivity index (χ0v) is 26.1. The van der Waals surface area contributed by atoms with Crippen LogP contribution in [0.25, 0.3) is 0 Å². The van der Waals surface area contributed by atoms with Crippen LogP contribution in [0.5, 0.6) is 0 Å². The summed E-state index contributed by atoms with van der Waals surface area (Å²) in [5.41, 5.74) is 0. The summed E-state index contributed by atoms with van der Waals surface area (Å²) < 4.78 is 5.77. The van der Waals surface area contributed by atoms with Gasteiger partial charge in [-0.3, -0.25) is 4.79 Å². The molecule has 0 aromatic heterocycles. The highest BCUT2D eigenvalue weighted by atomic mass is 16.5. The minimum Gasteiger partial charge on any atom is -0.465 e. The van der Waals surface area contributed by atoms with Crippen molar-refractivity contribution >= 4 is 5.97 Å². The van der Waals surface area contributed by atoms with E-state index in [1.54, 1.807) is 0 Å². The first-order chi connectivity index (χ1) is 18.5. The van der Waals surface area contributed by atoms with E-state index in [-0.39, 0.29) is 12.1 Å². The molecule has 1 N–H and O–H groups in total. The van der Waals surface area contributed by atoms with Gasteiger partial charge in [0.15, 0.2) is 0 Å². The van der Waals surface area contributed by atoms with Gasteiger partial charge in [0.1, 0.15) is 0 Å². The number of hydrogen-bond acceptors (Lipinski definition) is 5. The molecular weight excluding hydrogens is 472 g/mol. The highest BCUT2D eigenvalue weighted by Crippen LogP contribution is 2.20. The summed E-state index contributed by atoms with van der Waals surface area (Å²) in [5.74, 6) is 0.536. The second-order valence-corrected chi connectivity index (χ2v) is 12.2. The Bertz CT molecular complexity index is 544. The smallest absolute Gasteiger partial charge is 0.305 e. The van der Waals surface area contributed by atoms with Gasteiger partial charge in [0.05, 0.1) is 12.7 Å². The standard InChI is InChI=1S/C33H66N2O3/c1-5-8-10-12-13-16-21-30(20-15-11-9-6-2)29-38-33(37)23-17-14-18-26-35(28-32(36)7-3)27-24-31-22-19-25-34(31)4/h30-32,36H,5-29H2,1-4H3. The number of nitrogens with zero attached hydrogens (tertiary/aromatic N) is 2. The third-order valence-electron chi connectivity index (χ3n) is 8.66. The molecule has 5 nitrogen and oxygen atoms in total. The highest BCUT2D eigenvalue weighted by molar-refractivity contribution is 5.69. The van der Waals surface area contributed by atoms with Crippen molar-refractivity contribution in [3.63, 3.8) is 0 Å². The van der Waals surface area contributed by atoms with E-state index in [9.17, 15) is 9.90 Å². The molecule has 5 heteroatoms. The molecule has 0 amide bonds. The molecule has 226 valence electrons. The highest BCUT2D eigenvalue weighted by Gasteiger charge is 2.22. The second kappa shape index (κ2) is 24.2. The first-order valence-corrected chi connectivity index (χ1v) is 16.8. The maximum Gasteiger partial charge on any atom is 0.305 e. The average Bonchev–Trinajstić information content (AvgIpc) is 3.33. The van der Waals surface area contributed by atoms with Crippen LogP contribution in [0.15, 0.2) is 0 Å². The quantitative estimate of drug-likeness (QED) is 0.0893. The predicted octanol–water partition coefficient (Wildman–Crippen LogP) is 7.98. The van der Waals surface area contributed by atoms with E-state index in [1.165, 1.54) is 103 Å². The first kappa shape index (κ1) is 35.4. The molecule has 0 bridgehead atoms. The Balaban J connectivity index is 2.26. The lowest BCUT2D eigenvalue weighted by atomic mass is 9.95. The van der Waals surface area contributed by atoms with Gasteiger partial charge >= 0.3 is 5.97 Å². The van der Waals surface area contributed by atoms with Crippen LogP contribution in [0.2, 0.25) is 0 Å². The number of hydrogen-bond donors (Lipinski definition) is 1. The lowest BCUT2D eigenvalue weighted by molar-refractivity contribution is -0.145. The van der Waals surface area contributed by atoms with Crippen LogP contribution in [-0.4, -0.2) is 72.9 Å². The molecule has 0 spiro atoms. The minimum atomic E-state index is -0.238. The Hall–Kier alpha value is -0.650. The van der Waals surface area contributed by atoms with Gasteiger partial charge in [-0.05, 0) is 84.0 Å². The number of carbonyl (C=O) groups is 1. The Morgan fingerprint density at radius 1 is 0.895 bits per heavy atom. The van der Waals surface area contributed by atoms with Crippen LogP contribution in [0, 0.1) is 5.92 Å². The lowest BCUT2D eigenvalue weighted by Crippen LogP contribution is -2.37. The van der Waals surface area contributed by atoms with Crippen molar-refractivity contribution in [1.29, 1.82) is 0 Å². The molecule has 0 saturated carbocycles. The molecule has 1 heterocycles. The molecule has 1 saturated heterocycles. The SMILES string of the molecule is CCCCCCCCC(CCCCCC)COC(=O)CCCCCN(CCC1CCCN1C)CC(O)CC. The van der Waals surface area contributed by atoms with Crippen LogP contribution in [0.3, 0.4) is 0 Å². The molecule has 0 aromatic rings. The van der Waals surface area contributed by atoms with Crippen molar-refractivity contribution in [1.82, 2.24) is 9.80 Å². The summed E-state index contributed by atoms with van der Waals surface area (Å²) >= 11 is 0. The summed E-state index contributed by atoms with van der Waals surface area (Å²) in [7, 11) is 2.24. The van der Waals surface area contributed by atoms with Crippen LogP contribution in [0.4, 0.5) is 0 Å². The Labute approximate surface area is 237 Å². The van der Waals surface area contributed by atoms with Crippen molar-refractivity contribution in [2.45, 2.75) is 161 Å². The average molecular weight is 539 g/mol. The number of rotatable bonds is 26. The molecule has 1 rings (SSSR count). The third-order valence-corrected chi connectivity index (χ3v) is 8.66. The van der Waals surface area contributed by atoms with Crippen LogP contribution < -0.4 is 0 Å². The van der Waals surface area contributed by atoms with E-state index in [0.717, 1.165) is 45.3 Å². The van der Waals surface area contributed by atoms with Gasteiger partial charge in [0, 0.05) is 19.0 Å². The predicted molar refractivity (Wildman–Crippen MR) is 163 cm³/mol. The van der Waals surface area contributed by atoms with E-state index in [2.05, 4.69) is 37.6 Å². The Morgan fingerprint density at radius 2 is 1.53 bits per heavy atom. The van der Waals surface area contributed by atoms with Gasteiger partial charge in [0.2, 0.25) is 0 Å². The Kier molecular flexibility index (Phi) is 22.5. The van der Waals surface area contributed by atoms with Gasteiger partial charge in [-0.1, -0.05) is 91.4 Å². The fraction of sp³-hybridized carbons (Fsp3) is 0.970. The monoisotopic (exact) mass is 539 g/mol. The van der Waals surface area contributed by atoms with Crippen molar-refractivity contribution < 1.29 is 14.6 Å². The zero-order valence-electron chi connectivity index (χ0n) is 26.1. The van der Waals surface area contributed by atoms with E-state index < -0.39 is 0 Å². The lowest BCUT2D eigenvalue weighted by Gasteiger charge is -2.27. The largest absolute Gasteiger partial charge is 0.465 e. The fourth-order valence-electron chi connectivity index (χ4n) is 5.85. The van der Waals surface area contributed by atoms with Crippen molar-refractivity contribution in [3.05, 3.63) is 0 Å². The maximum atomic E-state index is 12.5. The number of ether oxygens (including phenoxy) is 1. The van der Waals surface area contributed by atoms with E-state index >= 15 is 0 Å². The summed E-state index contributed by atoms with van der Waals surface area (Å²) in [5, 5.41) is 10.2. The number of aliphatic hydroxyl groups excluding tert-OH is 1. The topological polar surface area (TPSA) is 53.0 Å². The summed E-state index contributed by atoms with van der Waals surface area (Å²) in [4.78, 5) is 17.4. The molecular formula is C33H66N2O3. The number of unbranched alkanes of at least 4 members (excludes halogenated alkanes) is 10. The van der Waals surface area contributed by atoms with Crippen LogP contribution >= 0.6 is 0 Å².